The van der Waals surface area contributed by atoms with Crippen LogP contribution < -0.4 is 0 Å². The van der Waals surface area contributed by atoms with Gasteiger partial charge in [-0.1, -0.05) is 5.04 Å². The first-order chi connectivity index (χ1) is 9.42. The Hall–Kier alpha value is -1.33. The lowest BCUT2D eigenvalue weighted by molar-refractivity contribution is -0.432. The van der Waals surface area contributed by atoms with Crippen LogP contribution in [-0.4, -0.2) is 46.5 Å². The standard InChI is InChI=1S/C6H6O12S3/c7-1-4(19-18-17-10)2(8)6(21(14,15)16)3(9)5(1)20(11,12)13/h7-10H,(H,11,12,13)(H,14,15,16). The minimum absolute atomic E-state index is 0.292. The predicted molar refractivity (Wildman–Crippen MR) is 61.7 cm³/mol. The van der Waals surface area contributed by atoms with Crippen molar-refractivity contribution in [3.63, 3.8) is 0 Å². The summed E-state index contributed by atoms with van der Waals surface area (Å²) in [5.41, 5.74) is 0. The van der Waals surface area contributed by atoms with E-state index in [0.717, 1.165) is 0 Å². The van der Waals surface area contributed by atoms with Gasteiger partial charge in [-0.25, -0.2) is 5.26 Å². The third kappa shape index (κ3) is 3.47. The monoisotopic (exact) mass is 366 g/mol. The highest BCUT2D eigenvalue weighted by Crippen LogP contribution is 2.50. The van der Waals surface area contributed by atoms with Crippen LogP contribution >= 0.6 is 12.0 Å². The van der Waals surface area contributed by atoms with Crippen molar-refractivity contribution in [2.45, 2.75) is 14.7 Å². The Labute approximate surface area is 120 Å². The van der Waals surface area contributed by atoms with Gasteiger partial charge in [0.1, 0.15) is 4.90 Å². The maximum absolute atomic E-state index is 11.0. The summed E-state index contributed by atoms with van der Waals surface area (Å²) in [6.45, 7) is 0. The fourth-order valence-corrected chi connectivity index (χ4v) is 3.30. The first-order valence-electron chi connectivity index (χ1n) is 4.33. The zero-order chi connectivity index (χ0) is 16.6. The predicted octanol–water partition coefficient (Wildman–Crippen LogP) is -0.275. The molecular formula is C6H6O12S3. The van der Waals surface area contributed by atoms with Gasteiger partial charge >= 0.3 is 20.2 Å². The lowest BCUT2D eigenvalue weighted by Gasteiger charge is -2.13. The van der Waals surface area contributed by atoms with E-state index >= 15 is 0 Å². The molecule has 0 radical (unpaired) electrons. The first-order valence-corrected chi connectivity index (χ1v) is 7.95. The first kappa shape index (κ1) is 17.7. The zero-order valence-electron chi connectivity index (χ0n) is 9.36. The highest BCUT2D eigenvalue weighted by molar-refractivity contribution is 7.95. The van der Waals surface area contributed by atoms with E-state index in [0.29, 0.717) is 0 Å². The highest BCUT2D eigenvalue weighted by atomic mass is 32.2. The van der Waals surface area contributed by atoms with Crippen LogP contribution in [0.4, 0.5) is 0 Å². The highest BCUT2D eigenvalue weighted by Gasteiger charge is 2.36. The molecule has 1 aromatic carbocycles. The summed E-state index contributed by atoms with van der Waals surface area (Å²) in [5, 5.41) is 39.5. The number of phenolic OH excluding ortho intramolecular Hbond substituents is 3. The van der Waals surface area contributed by atoms with Crippen molar-refractivity contribution in [1.82, 2.24) is 0 Å². The Morgan fingerprint density at radius 2 is 1.19 bits per heavy atom. The molecule has 0 amide bonds. The zero-order valence-corrected chi connectivity index (χ0v) is 11.8. The molecule has 0 aliphatic heterocycles. The van der Waals surface area contributed by atoms with Crippen molar-refractivity contribution in [3.8, 4) is 17.2 Å². The molecule has 0 saturated heterocycles. The van der Waals surface area contributed by atoms with Gasteiger partial charge in [-0.15, -0.1) is 4.33 Å². The Balaban J connectivity index is 3.93. The molecule has 0 aliphatic carbocycles. The van der Waals surface area contributed by atoms with Gasteiger partial charge in [0.2, 0.25) is 0 Å². The van der Waals surface area contributed by atoms with Crippen LogP contribution in [0.5, 0.6) is 17.2 Å². The molecule has 0 heterocycles. The van der Waals surface area contributed by atoms with Crippen LogP contribution in [0.15, 0.2) is 14.7 Å². The molecule has 6 N–H and O–H groups in total. The minimum atomic E-state index is -5.37. The molecule has 120 valence electrons. The molecule has 21 heavy (non-hydrogen) atoms. The molecule has 0 saturated carbocycles. The number of hydrogen-bond acceptors (Lipinski definition) is 11. The van der Waals surface area contributed by atoms with Crippen molar-refractivity contribution in [1.29, 1.82) is 0 Å². The summed E-state index contributed by atoms with van der Waals surface area (Å²) in [4.78, 5) is -4.56. The second-order valence-corrected chi connectivity index (χ2v) is 6.64. The van der Waals surface area contributed by atoms with Crippen molar-refractivity contribution in [3.05, 3.63) is 0 Å². The summed E-state index contributed by atoms with van der Waals surface area (Å²) < 4.78 is 65.6. The molecule has 1 aromatic rings. The molecule has 0 bridgehead atoms. The molecule has 0 unspecified atom stereocenters. The molecule has 0 aliphatic rings. The Kier molecular flexibility index (Phi) is 4.90. The third-order valence-electron chi connectivity index (χ3n) is 1.95. The van der Waals surface area contributed by atoms with E-state index in [2.05, 4.69) is 9.37 Å². The summed E-state index contributed by atoms with van der Waals surface area (Å²) in [7, 11) is -10.7. The Morgan fingerprint density at radius 1 is 0.810 bits per heavy atom. The normalized spacial score (nSPS) is 12.5. The van der Waals surface area contributed by atoms with E-state index in [1.165, 1.54) is 0 Å². The third-order valence-corrected chi connectivity index (χ3v) is 4.44. The van der Waals surface area contributed by atoms with Gasteiger partial charge in [0.05, 0.1) is 12.0 Å². The van der Waals surface area contributed by atoms with Gasteiger partial charge in [-0.3, -0.25) is 9.11 Å². The minimum Gasteiger partial charge on any atom is -0.505 e. The van der Waals surface area contributed by atoms with Gasteiger partial charge in [0.15, 0.2) is 27.0 Å². The lowest BCUT2D eigenvalue weighted by Crippen LogP contribution is -2.06. The summed E-state index contributed by atoms with van der Waals surface area (Å²) >= 11 is -0.292. The molecule has 0 spiro atoms. The SMILES string of the molecule is O=S(=O)(O)c1c(O)c(SOOO)c(O)c(S(=O)(=O)O)c1O. The molecule has 1 rings (SSSR count). The van der Waals surface area contributed by atoms with Gasteiger partial charge in [0.25, 0.3) is 0 Å². The maximum atomic E-state index is 11.0. The molecular weight excluding hydrogens is 360 g/mol. The fraction of sp³-hybridized carbons (Fsp3) is 0. The Bertz CT molecular complexity index is 704. The van der Waals surface area contributed by atoms with Crippen LogP contribution in [0.2, 0.25) is 0 Å². The van der Waals surface area contributed by atoms with E-state index in [1.807, 2.05) is 0 Å². The van der Waals surface area contributed by atoms with Crippen LogP contribution in [0, 0.1) is 0 Å². The molecule has 12 nitrogen and oxygen atoms in total. The van der Waals surface area contributed by atoms with Crippen molar-refractivity contribution in [2.24, 2.45) is 0 Å². The van der Waals surface area contributed by atoms with E-state index in [9.17, 15) is 32.2 Å². The van der Waals surface area contributed by atoms with E-state index in [-0.39, 0.29) is 12.0 Å². The van der Waals surface area contributed by atoms with Gasteiger partial charge < -0.3 is 15.3 Å². The lowest BCUT2D eigenvalue weighted by atomic mass is 10.3. The van der Waals surface area contributed by atoms with Crippen molar-refractivity contribution >= 4 is 32.3 Å². The topological polar surface area (TPSA) is 208 Å². The van der Waals surface area contributed by atoms with Gasteiger partial charge in [0, 0.05) is 0 Å². The molecule has 15 heteroatoms. The van der Waals surface area contributed by atoms with E-state index < -0.39 is 52.2 Å². The number of aromatic hydroxyl groups is 3. The molecule has 0 fully saturated rings. The second kappa shape index (κ2) is 5.81. The summed E-state index contributed by atoms with van der Waals surface area (Å²) in [6.07, 6.45) is 0. The van der Waals surface area contributed by atoms with Crippen molar-refractivity contribution in [2.75, 3.05) is 0 Å². The number of rotatable bonds is 5. The van der Waals surface area contributed by atoms with Crippen molar-refractivity contribution < 1.29 is 55.9 Å². The maximum Gasteiger partial charge on any atom is 0.302 e. The average Bonchev–Trinajstić information content (AvgIpc) is 2.24. The second-order valence-electron chi connectivity index (χ2n) is 3.21. The smallest absolute Gasteiger partial charge is 0.302 e. The number of phenols is 3. The fourth-order valence-electron chi connectivity index (χ4n) is 1.26. The van der Waals surface area contributed by atoms with Crippen LogP contribution in [0.25, 0.3) is 0 Å². The van der Waals surface area contributed by atoms with E-state index in [4.69, 9.17) is 14.4 Å². The number of hydrogen-bond donors (Lipinski definition) is 6. The van der Waals surface area contributed by atoms with Gasteiger partial charge in [-0.05, 0) is 0 Å². The van der Waals surface area contributed by atoms with Crippen LogP contribution in [0.3, 0.4) is 0 Å². The van der Waals surface area contributed by atoms with Crippen LogP contribution in [-0.2, 0) is 29.6 Å². The summed E-state index contributed by atoms with van der Waals surface area (Å²) in [6, 6.07) is 0. The summed E-state index contributed by atoms with van der Waals surface area (Å²) in [5.74, 6) is -4.88. The quantitative estimate of drug-likeness (QED) is 0.172. The van der Waals surface area contributed by atoms with Gasteiger partial charge in [-0.2, -0.15) is 16.8 Å². The van der Waals surface area contributed by atoms with Crippen LogP contribution in [0.1, 0.15) is 0 Å². The average molecular weight is 366 g/mol. The largest absolute Gasteiger partial charge is 0.505 e. The van der Waals surface area contributed by atoms with E-state index in [1.54, 1.807) is 0 Å². The number of benzene rings is 1. The Morgan fingerprint density at radius 3 is 1.48 bits per heavy atom. The molecule has 0 atom stereocenters. The molecule has 0 aromatic heterocycles.